The molecule has 1 unspecified atom stereocenters. The van der Waals surface area contributed by atoms with Crippen molar-refractivity contribution in [2.75, 3.05) is 27.9 Å². The fourth-order valence-electron chi connectivity index (χ4n) is 4.17. The lowest BCUT2D eigenvalue weighted by Gasteiger charge is -2.35. The molecule has 0 radical (unpaired) electrons. The Kier molecular flexibility index (Phi) is 8.14. The van der Waals surface area contributed by atoms with Crippen LogP contribution in [0.5, 0.6) is 17.2 Å². The fourth-order valence-corrected chi connectivity index (χ4v) is 4.17. The predicted octanol–water partition coefficient (Wildman–Crippen LogP) is 5.05. The zero-order chi connectivity index (χ0) is 23.0. The van der Waals surface area contributed by atoms with Crippen molar-refractivity contribution in [2.45, 2.75) is 31.3 Å². The third-order valence-corrected chi connectivity index (χ3v) is 5.87. The summed E-state index contributed by atoms with van der Waals surface area (Å²) in [6, 6.07) is 21.1. The number of hydrogen-bond acceptors (Lipinski definition) is 5. The molecule has 1 atom stereocenters. The van der Waals surface area contributed by atoms with Gasteiger partial charge in [0, 0.05) is 13.7 Å². The molecule has 0 saturated heterocycles. The maximum absolute atomic E-state index is 9.87. The molecular weight excluding hydrogens is 404 g/mol. The van der Waals surface area contributed by atoms with E-state index in [2.05, 4.69) is 6.07 Å². The highest BCUT2D eigenvalue weighted by molar-refractivity contribution is 5.52. The first-order chi connectivity index (χ1) is 15.6. The van der Waals surface area contributed by atoms with Crippen LogP contribution in [0, 0.1) is 0 Å². The normalized spacial score (nSPS) is 12.9. The number of rotatable bonds is 11. The second-order valence-corrected chi connectivity index (χ2v) is 7.72. The summed E-state index contributed by atoms with van der Waals surface area (Å²) in [5.41, 5.74) is 3.03. The lowest BCUT2D eigenvalue weighted by atomic mass is 9.79. The van der Waals surface area contributed by atoms with Gasteiger partial charge in [-0.05, 0) is 77.9 Å². The van der Waals surface area contributed by atoms with Gasteiger partial charge in [0.15, 0.2) is 0 Å². The molecule has 0 heterocycles. The topological polar surface area (TPSA) is 68.2 Å². The van der Waals surface area contributed by atoms with Gasteiger partial charge in [0.1, 0.15) is 22.8 Å². The Labute approximate surface area is 190 Å². The Hall–Kier alpha value is -3.02. The Balaban J connectivity index is 2.14. The number of methoxy groups -OCH3 is 3. The Morgan fingerprint density at radius 2 is 1.34 bits per heavy atom. The lowest BCUT2D eigenvalue weighted by Crippen LogP contribution is -2.31. The molecule has 5 nitrogen and oxygen atoms in total. The van der Waals surface area contributed by atoms with Gasteiger partial charge in [0.25, 0.3) is 0 Å². The third-order valence-electron chi connectivity index (χ3n) is 5.87. The van der Waals surface area contributed by atoms with Crippen LogP contribution in [0.1, 0.15) is 41.5 Å². The van der Waals surface area contributed by atoms with E-state index in [1.807, 2.05) is 48.5 Å². The van der Waals surface area contributed by atoms with E-state index in [1.54, 1.807) is 33.5 Å². The minimum Gasteiger partial charge on any atom is -0.508 e. The van der Waals surface area contributed by atoms with Crippen molar-refractivity contribution in [3.63, 3.8) is 0 Å². The maximum Gasteiger partial charge on any atom is 0.143 e. The van der Waals surface area contributed by atoms with Crippen molar-refractivity contribution in [3.05, 3.63) is 89.0 Å². The highest BCUT2D eigenvalue weighted by Gasteiger charge is 2.37. The van der Waals surface area contributed by atoms with Gasteiger partial charge < -0.3 is 24.4 Å². The summed E-state index contributed by atoms with van der Waals surface area (Å²) in [5.74, 6) is 1.81. The van der Waals surface area contributed by atoms with Crippen molar-refractivity contribution in [2.24, 2.45) is 0 Å². The van der Waals surface area contributed by atoms with Gasteiger partial charge in [-0.3, -0.25) is 0 Å². The van der Waals surface area contributed by atoms with Crippen LogP contribution in [0.25, 0.3) is 0 Å². The van der Waals surface area contributed by atoms with Gasteiger partial charge in [-0.25, -0.2) is 0 Å². The fraction of sp³-hybridized carbons (Fsp3) is 0.333. The molecule has 32 heavy (non-hydrogen) atoms. The molecule has 0 aromatic heterocycles. The number of unbranched alkanes of at least 4 members (excludes halogenated alkanes) is 2. The lowest BCUT2D eigenvalue weighted by molar-refractivity contribution is 0.0583. The highest BCUT2D eigenvalue weighted by atomic mass is 16.5. The number of benzene rings is 3. The number of ether oxygens (including phenoxy) is 3. The van der Waals surface area contributed by atoms with Gasteiger partial charge in [-0.15, -0.1) is 0 Å². The molecule has 3 rings (SSSR count). The summed E-state index contributed by atoms with van der Waals surface area (Å²) in [5, 5.41) is 19.0. The van der Waals surface area contributed by atoms with Gasteiger partial charge in [-0.1, -0.05) is 36.8 Å². The highest BCUT2D eigenvalue weighted by Crippen LogP contribution is 2.42. The van der Waals surface area contributed by atoms with E-state index in [1.165, 1.54) is 0 Å². The smallest absolute Gasteiger partial charge is 0.143 e. The Morgan fingerprint density at radius 1 is 0.719 bits per heavy atom. The van der Waals surface area contributed by atoms with Crippen molar-refractivity contribution < 1.29 is 24.4 Å². The van der Waals surface area contributed by atoms with Crippen LogP contribution in [0.3, 0.4) is 0 Å². The molecule has 2 N–H and O–H groups in total. The molecule has 0 aliphatic carbocycles. The zero-order valence-electron chi connectivity index (χ0n) is 19.0. The first-order valence-electron chi connectivity index (χ1n) is 10.9. The standard InChI is InChI=1S/C27H32O5/c1-30-25-15-10-22(11-16-25)27(32-3,21-8-13-24(29)14-9-21)23-12-17-26(31-2)20(19-23)7-5-4-6-18-28/h8-17,19,28-29H,4-7,18H2,1-3H3. The number of aliphatic hydroxyl groups excluding tert-OH is 1. The molecule has 0 fully saturated rings. The van der Waals surface area contributed by atoms with E-state index in [9.17, 15) is 5.11 Å². The third kappa shape index (κ3) is 4.90. The molecule has 0 bridgehead atoms. The molecule has 5 heteroatoms. The zero-order valence-corrected chi connectivity index (χ0v) is 19.0. The first kappa shape index (κ1) is 23.6. The predicted molar refractivity (Wildman–Crippen MR) is 126 cm³/mol. The van der Waals surface area contributed by atoms with E-state index in [0.29, 0.717) is 0 Å². The average Bonchev–Trinajstić information content (AvgIpc) is 2.84. The molecule has 0 aliphatic rings. The second-order valence-electron chi connectivity index (χ2n) is 7.72. The number of aromatic hydroxyl groups is 1. The summed E-state index contributed by atoms with van der Waals surface area (Å²) in [6.45, 7) is 0.211. The number of phenolic OH excluding ortho intramolecular Hbond substituents is 1. The summed E-state index contributed by atoms with van der Waals surface area (Å²) in [6.07, 6.45) is 3.55. The van der Waals surface area contributed by atoms with Crippen LogP contribution in [0.15, 0.2) is 66.7 Å². The Bertz CT molecular complexity index is 982. The molecule has 3 aromatic carbocycles. The first-order valence-corrected chi connectivity index (χ1v) is 10.9. The molecular formula is C27H32O5. The van der Waals surface area contributed by atoms with E-state index >= 15 is 0 Å². The van der Waals surface area contributed by atoms with Crippen molar-refractivity contribution in [1.82, 2.24) is 0 Å². The summed E-state index contributed by atoms with van der Waals surface area (Å²) in [4.78, 5) is 0. The molecule has 0 amide bonds. The SMILES string of the molecule is COc1ccc(C(OC)(c2ccc(O)cc2)c2ccc(OC)c(CCCCCO)c2)cc1. The summed E-state index contributed by atoms with van der Waals surface area (Å²) < 4.78 is 17.3. The molecule has 3 aromatic rings. The van der Waals surface area contributed by atoms with E-state index in [0.717, 1.165) is 59.4 Å². The molecule has 0 saturated carbocycles. The van der Waals surface area contributed by atoms with Crippen LogP contribution in [0.2, 0.25) is 0 Å². The maximum atomic E-state index is 9.87. The van der Waals surface area contributed by atoms with Crippen LogP contribution >= 0.6 is 0 Å². The van der Waals surface area contributed by atoms with Crippen molar-refractivity contribution in [3.8, 4) is 17.2 Å². The monoisotopic (exact) mass is 436 g/mol. The number of phenols is 1. The van der Waals surface area contributed by atoms with Crippen LogP contribution in [-0.2, 0) is 16.8 Å². The van der Waals surface area contributed by atoms with Gasteiger partial charge in [0.2, 0.25) is 0 Å². The minimum atomic E-state index is -0.883. The van der Waals surface area contributed by atoms with Crippen molar-refractivity contribution in [1.29, 1.82) is 0 Å². The number of hydrogen-bond donors (Lipinski definition) is 2. The largest absolute Gasteiger partial charge is 0.508 e. The Morgan fingerprint density at radius 3 is 1.91 bits per heavy atom. The van der Waals surface area contributed by atoms with Crippen LogP contribution in [-0.4, -0.2) is 38.1 Å². The second kappa shape index (κ2) is 11.0. The minimum absolute atomic E-state index is 0.202. The van der Waals surface area contributed by atoms with Gasteiger partial charge >= 0.3 is 0 Å². The van der Waals surface area contributed by atoms with Crippen LogP contribution in [0.4, 0.5) is 0 Å². The van der Waals surface area contributed by atoms with Gasteiger partial charge in [0.05, 0.1) is 14.2 Å². The number of aliphatic hydroxyl groups is 1. The van der Waals surface area contributed by atoms with E-state index in [-0.39, 0.29) is 12.4 Å². The van der Waals surface area contributed by atoms with E-state index in [4.69, 9.17) is 19.3 Å². The van der Waals surface area contributed by atoms with E-state index < -0.39 is 5.60 Å². The summed E-state index contributed by atoms with van der Waals surface area (Å²) in [7, 11) is 5.02. The van der Waals surface area contributed by atoms with Crippen LogP contribution < -0.4 is 9.47 Å². The molecule has 170 valence electrons. The van der Waals surface area contributed by atoms with Gasteiger partial charge in [-0.2, -0.15) is 0 Å². The summed E-state index contributed by atoms with van der Waals surface area (Å²) >= 11 is 0. The molecule has 0 aliphatic heterocycles. The quantitative estimate of drug-likeness (QED) is 0.325. The van der Waals surface area contributed by atoms with Crippen molar-refractivity contribution >= 4 is 0 Å². The molecule has 0 spiro atoms. The average molecular weight is 437 g/mol. The number of aryl methyl sites for hydroxylation is 1.